The first kappa shape index (κ1) is 11.1. The maximum absolute atomic E-state index is 11.7. The molecule has 1 aromatic heterocycles. The first-order valence-corrected chi connectivity index (χ1v) is 4.98. The summed E-state index contributed by atoms with van der Waals surface area (Å²) in [5.41, 5.74) is -0.854. The first-order valence-electron chi connectivity index (χ1n) is 4.98. The summed E-state index contributed by atoms with van der Waals surface area (Å²) in [6.45, 7) is 1.36. The molecule has 2 N–H and O–H groups in total. The van der Waals surface area contributed by atoms with Crippen LogP contribution in [-0.4, -0.2) is 20.6 Å². The van der Waals surface area contributed by atoms with Crippen molar-refractivity contribution in [3.8, 4) is 0 Å². The van der Waals surface area contributed by atoms with E-state index in [0.717, 1.165) is 4.57 Å². The van der Waals surface area contributed by atoms with Crippen molar-refractivity contribution in [2.75, 3.05) is 0 Å². The van der Waals surface area contributed by atoms with E-state index in [2.05, 4.69) is 4.98 Å². The molecule has 1 unspecified atom stereocenters. The van der Waals surface area contributed by atoms with Gasteiger partial charge in [-0.1, -0.05) is 12.1 Å². The van der Waals surface area contributed by atoms with Gasteiger partial charge in [-0.2, -0.15) is 0 Å². The Hall–Kier alpha value is -2.37. The number of carboxylic acid groups (broad SMARTS) is 1. The van der Waals surface area contributed by atoms with Crippen LogP contribution in [0.3, 0.4) is 0 Å². The molecule has 0 amide bonds. The second-order valence-corrected chi connectivity index (χ2v) is 3.66. The third kappa shape index (κ3) is 1.73. The number of aromatic amines is 1. The molecule has 0 saturated carbocycles. The van der Waals surface area contributed by atoms with Crippen molar-refractivity contribution in [3.05, 3.63) is 45.0 Å². The Morgan fingerprint density at radius 3 is 2.65 bits per heavy atom. The Labute approximate surface area is 95.1 Å². The Bertz CT molecular complexity index is 698. The quantitative estimate of drug-likeness (QED) is 0.732. The van der Waals surface area contributed by atoms with E-state index in [9.17, 15) is 14.4 Å². The summed E-state index contributed by atoms with van der Waals surface area (Å²) in [6.07, 6.45) is 0. The fraction of sp³-hybridized carbons (Fsp3) is 0.182. The van der Waals surface area contributed by atoms with Gasteiger partial charge in [-0.25, -0.2) is 4.79 Å². The molecule has 0 aliphatic heterocycles. The lowest BCUT2D eigenvalue weighted by Crippen LogP contribution is -2.39. The van der Waals surface area contributed by atoms with E-state index >= 15 is 0 Å². The van der Waals surface area contributed by atoms with Gasteiger partial charge in [-0.05, 0) is 19.1 Å². The van der Waals surface area contributed by atoms with Crippen LogP contribution in [0.2, 0.25) is 0 Å². The summed E-state index contributed by atoms with van der Waals surface area (Å²) in [5.74, 6) is -1.16. The molecule has 6 nitrogen and oxygen atoms in total. The highest BCUT2D eigenvalue weighted by Crippen LogP contribution is 2.12. The third-order valence-corrected chi connectivity index (χ3v) is 2.57. The number of aromatic nitrogens is 2. The summed E-state index contributed by atoms with van der Waals surface area (Å²) >= 11 is 0. The zero-order valence-corrected chi connectivity index (χ0v) is 9.01. The summed E-state index contributed by atoms with van der Waals surface area (Å²) in [5, 5.41) is 8.94. The van der Waals surface area contributed by atoms with Crippen molar-refractivity contribution >= 4 is 17.0 Å². The molecule has 0 saturated heterocycles. The predicted octanol–water partition coefficient (Wildman–Crippen LogP) is 0.335. The largest absolute Gasteiger partial charge is 0.480 e. The number of hydrogen-bond donors (Lipinski definition) is 2. The van der Waals surface area contributed by atoms with E-state index in [4.69, 9.17) is 5.11 Å². The highest BCUT2D eigenvalue weighted by Gasteiger charge is 2.18. The van der Waals surface area contributed by atoms with E-state index in [1.807, 2.05) is 0 Å². The van der Waals surface area contributed by atoms with Crippen molar-refractivity contribution in [2.45, 2.75) is 13.0 Å². The van der Waals surface area contributed by atoms with Crippen LogP contribution in [0.15, 0.2) is 33.9 Å². The van der Waals surface area contributed by atoms with Crippen molar-refractivity contribution in [1.29, 1.82) is 0 Å². The van der Waals surface area contributed by atoms with Gasteiger partial charge in [0.15, 0.2) is 0 Å². The third-order valence-electron chi connectivity index (χ3n) is 2.57. The standard InChI is InChI=1S/C11H10N2O4/c1-6(11(16)17)13-8-5-3-2-4-7(8)12-9(14)10(13)15/h2-6H,1H3,(H,12,14)(H,16,17). The minimum Gasteiger partial charge on any atom is -0.480 e. The number of fused-ring (bicyclic) bond motifs is 1. The highest BCUT2D eigenvalue weighted by molar-refractivity contribution is 5.78. The van der Waals surface area contributed by atoms with Crippen molar-refractivity contribution in [2.24, 2.45) is 0 Å². The molecule has 2 rings (SSSR count). The van der Waals surface area contributed by atoms with Crippen LogP contribution in [0.25, 0.3) is 11.0 Å². The maximum atomic E-state index is 11.7. The van der Waals surface area contributed by atoms with Crippen LogP contribution in [0.1, 0.15) is 13.0 Å². The van der Waals surface area contributed by atoms with Gasteiger partial charge < -0.3 is 10.1 Å². The zero-order chi connectivity index (χ0) is 12.6. The average Bonchev–Trinajstić information content (AvgIpc) is 2.30. The highest BCUT2D eigenvalue weighted by atomic mass is 16.4. The number of hydrogen-bond acceptors (Lipinski definition) is 3. The number of rotatable bonds is 2. The summed E-state index contributed by atoms with van der Waals surface area (Å²) in [6, 6.07) is 5.48. The number of carboxylic acids is 1. The van der Waals surface area contributed by atoms with E-state index < -0.39 is 23.1 Å². The SMILES string of the molecule is CC(C(=O)O)n1c(=O)c(=O)[nH]c2ccccc21. The summed E-state index contributed by atoms with van der Waals surface area (Å²) in [4.78, 5) is 36.4. The lowest BCUT2D eigenvalue weighted by Gasteiger charge is -2.12. The van der Waals surface area contributed by atoms with E-state index in [1.54, 1.807) is 24.3 Å². The monoisotopic (exact) mass is 234 g/mol. The van der Waals surface area contributed by atoms with Crippen LogP contribution in [-0.2, 0) is 4.79 Å². The maximum Gasteiger partial charge on any atom is 0.326 e. The van der Waals surface area contributed by atoms with Crippen LogP contribution in [0, 0.1) is 0 Å². The summed E-state index contributed by atoms with van der Waals surface area (Å²) in [7, 11) is 0. The topological polar surface area (TPSA) is 92.2 Å². The molecule has 0 aliphatic rings. The van der Waals surface area contributed by atoms with Crippen LogP contribution >= 0.6 is 0 Å². The Balaban J connectivity index is 2.93. The molecule has 0 spiro atoms. The van der Waals surface area contributed by atoms with E-state index in [0.29, 0.717) is 11.0 Å². The molecule has 0 radical (unpaired) electrons. The van der Waals surface area contributed by atoms with Crippen LogP contribution in [0.5, 0.6) is 0 Å². The van der Waals surface area contributed by atoms with Gasteiger partial charge in [0.1, 0.15) is 6.04 Å². The lowest BCUT2D eigenvalue weighted by molar-refractivity contribution is -0.140. The number of carbonyl (C=O) groups is 1. The van der Waals surface area contributed by atoms with Gasteiger partial charge in [0.05, 0.1) is 11.0 Å². The Kier molecular flexibility index (Phi) is 2.55. The van der Waals surface area contributed by atoms with Crippen molar-refractivity contribution < 1.29 is 9.90 Å². The first-order chi connectivity index (χ1) is 8.02. The second-order valence-electron chi connectivity index (χ2n) is 3.66. The van der Waals surface area contributed by atoms with Gasteiger partial charge >= 0.3 is 17.1 Å². The van der Waals surface area contributed by atoms with Gasteiger partial charge in [0.25, 0.3) is 0 Å². The molecular formula is C11H10N2O4. The molecule has 1 atom stereocenters. The lowest BCUT2D eigenvalue weighted by atomic mass is 10.2. The molecule has 17 heavy (non-hydrogen) atoms. The molecule has 1 aromatic carbocycles. The van der Waals surface area contributed by atoms with Crippen LogP contribution in [0.4, 0.5) is 0 Å². The number of aliphatic carboxylic acids is 1. The number of H-pyrrole nitrogens is 1. The molecule has 0 fully saturated rings. The fourth-order valence-electron chi connectivity index (χ4n) is 1.68. The number of benzene rings is 1. The Morgan fingerprint density at radius 2 is 2.00 bits per heavy atom. The molecule has 2 aromatic rings. The van der Waals surface area contributed by atoms with Gasteiger partial charge in [-0.3, -0.25) is 14.2 Å². The number of para-hydroxylation sites is 2. The normalized spacial score (nSPS) is 12.5. The summed E-state index contributed by atoms with van der Waals surface area (Å²) < 4.78 is 0.983. The van der Waals surface area contributed by atoms with Crippen molar-refractivity contribution in [3.63, 3.8) is 0 Å². The van der Waals surface area contributed by atoms with Crippen molar-refractivity contribution in [1.82, 2.24) is 9.55 Å². The smallest absolute Gasteiger partial charge is 0.326 e. The molecule has 6 heteroatoms. The van der Waals surface area contributed by atoms with Crippen LogP contribution < -0.4 is 11.1 Å². The van der Waals surface area contributed by atoms with E-state index in [1.165, 1.54) is 6.92 Å². The van der Waals surface area contributed by atoms with E-state index in [-0.39, 0.29) is 0 Å². The van der Waals surface area contributed by atoms with Gasteiger partial charge in [-0.15, -0.1) is 0 Å². The molecular weight excluding hydrogens is 224 g/mol. The zero-order valence-electron chi connectivity index (χ0n) is 9.01. The molecule has 88 valence electrons. The average molecular weight is 234 g/mol. The molecule has 0 bridgehead atoms. The molecule has 1 heterocycles. The molecule has 0 aliphatic carbocycles. The second kappa shape index (κ2) is 3.89. The Morgan fingerprint density at radius 1 is 1.35 bits per heavy atom. The van der Waals surface area contributed by atoms with Gasteiger partial charge in [0, 0.05) is 0 Å². The minimum atomic E-state index is -1.16. The number of nitrogens with one attached hydrogen (secondary N) is 1. The predicted molar refractivity (Wildman–Crippen MR) is 61.2 cm³/mol. The number of nitrogens with zero attached hydrogens (tertiary/aromatic N) is 1. The fourth-order valence-corrected chi connectivity index (χ4v) is 1.68. The van der Waals surface area contributed by atoms with Gasteiger partial charge in [0.2, 0.25) is 0 Å². The minimum absolute atomic E-state index is 0.395.